The van der Waals surface area contributed by atoms with Crippen LogP contribution in [0.3, 0.4) is 0 Å². The van der Waals surface area contributed by atoms with Crippen molar-refractivity contribution >= 4 is 27.5 Å². The molecular formula is C9H20N2O3S2. The van der Waals surface area contributed by atoms with Gasteiger partial charge < -0.3 is 11.1 Å². The highest BCUT2D eigenvalue weighted by Crippen LogP contribution is 1.98. The van der Waals surface area contributed by atoms with Crippen LogP contribution in [0, 0.1) is 0 Å². The van der Waals surface area contributed by atoms with Crippen LogP contribution in [0.1, 0.15) is 13.3 Å². The lowest BCUT2D eigenvalue weighted by Gasteiger charge is -2.16. The minimum absolute atomic E-state index is 0.0479. The van der Waals surface area contributed by atoms with Gasteiger partial charge in [-0.05, 0) is 19.6 Å². The van der Waals surface area contributed by atoms with Crippen molar-refractivity contribution in [2.75, 3.05) is 24.0 Å². The van der Waals surface area contributed by atoms with Crippen molar-refractivity contribution < 1.29 is 13.2 Å². The van der Waals surface area contributed by atoms with Crippen LogP contribution >= 0.6 is 11.8 Å². The fourth-order valence-electron chi connectivity index (χ4n) is 1.11. The van der Waals surface area contributed by atoms with Crippen LogP contribution in [-0.4, -0.2) is 50.4 Å². The van der Waals surface area contributed by atoms with Gasteiger partial charge in [0.05, 0.1) is 11.8 Å². The Morgan fingerprint density at radius 3 is 2.50 bits per heavy atom. The largest absolute Gasteiger partial charge is 0.351 e. The number of carbonyl (C=O) groups is 1. The summed E-state index contributed by atoms with van der Waals surface area (Å²) in [5.74, 6) is 0.466. The molecule has 96 valence electrons. The Labute approximate surface area is 101 Å². The smallest absolute Gasteiger partial charge is 0.237 e. The molecule has 0 bridgehead atoms. The molecule has 1 amide bonds. The number of nitrogens with two attached hydrogens (primary N) is 1. The van der Waals surface area contributed by atoms with Crippen LogP contribution in [0.2, 0.25) is 0 Å². The van der Waals surface area contributed by atoms with Crippen LogP contribution in [0.25, 0.3) is 0 Å². The lowest BCUT2D eigenvalue weighted by atomic mass is 10.2. The summed E-state index contributed by atoms with van der Waals surface area (Å²) < 4.78 is 21.8. The third-order valence-corrected chi connectivity index (χ3v) is 3.75. The van der Waals surface area contributed by atoms with E-state index in [1.807, 2.05) is 13.2 Å². The molecule has 16 heavy (non-hydrogen) atoms. The number of carbonyl (C=O) groups excluding carboxylic acids is 1. The van der Waals surface area contributed by atoms with Crippen LogP contribution in [-0.2, 0) is 14.6 Å². The second-order valence-corrected chi connectivity index (χ2v) is 7.06. The molecule has 7 heteroatoms. The molecule has 0 fully saturated rings. The molecule has 0 aromatic carbocycles. The summed E-state index contributed by atoms with van der Waals surface area (Å²) in [4.78, 5) is 11.5. The number of rotatable bonds is 7. The molecule has 2 unspecified atom stereocenters. The molecule has 0 radical (unpaired) electrons. The highest BCUT2D eigenvalue weighted by atomic mass is 32.2. The van der Waals surface area contributed by atoms with E-state index in [1.54, 1.807) is 11.8 Å². The summed E-state index contributed by atoms with van der Waals surface area (Å²) in [6.45, 7) is 1.89. The molecule has 0 saturated heterocycles. The standard InChI is InChI=1S/C9H20N2O3S2/c1-7(6-15-2)11-9(12)8(10)4-5-16(3,13)14/h7-8H,4-6,10H2,1-3H3,(H,11,12). The van der Waals surface area contributed by atoms with Crippen LogP contribution in [0.5, 0.6) is 0 Å². The van der Waals surface area contributed by atoms with Gasteiger partial charge in [0, 0.05) is 18.1 Å². The predicted molar refractivity (Wildman–Crippen MR) is 68.3 cm³/mol. The van der Waals surface area contributed by atoms with E-state index in [0.29, 0.717) is 0 Å². The van der Waals surface area contributed by atoms with Crippen molar-refractivity contribution in [1.82, 2.24) is 5.32 Å². The van der Waals surface area contributed by atoms with Gasteiger partial charge in [-0.15, -0.1) is 0 Å². The number of nitrogens with one attached hydrogen (secondary N) is 1. The summed E-state index contributed by atoms with van der Waals surface area (Å²) in [6, 6.07) is -0.703. The molecule has 2 atom stereocenters. The zero-order chi connectivity index (χ0) is 12.8. The average molecular weight is 268 g/mol. The Morgan fingerprint density at radius 2 is 2.06 bits per heavy atom. The van der Waals surface area contributed by atoms with Crippen LogP contribution < -0.4 is 11.1 Å². The van der Waals surface area contributed by atoms with E-state index in [1.165, 1.54) is 0 Å². The topological polar surface area (TPSA) is 89.3 Å². The number of thioether (sulfide) groups is 1. The summed E-state index contributed by atoms with van der Waals surface area (Å²) in [6.07, 6.45) is 3.25. The van der Waals surface area contributed by atoms with Crippen molar-refractivity contribution in [2.45, 2.75) is 25.4 Å². The number of sulfone groups is 1. The second-order valence-electron chi connectivity index (χ2n) is 3.89. The third kappa shape index (κ3) is 7.95. The van der Waals surface area contributed by atoms with E-state index in [9.17, 15) is 13.2 Å². The quantitative estimate of drug-likeness (QED) is 0.657. The molecule has 0 aromatic heterocycles. The Kier molecular flexibility index (Phi) is 7.01. The zero-order valence-corrected chi connectivity index (χ0v) is 11.5. The van der Waals surface area contributed by atoms with Gasteiger partial charge in [-0.2, -0.15) is 11.8 Å². The molecule has 0 saturated carbocycles. The van der Waals surface area contributed by atoms with E-state index in [-0.39, 0.29) is 24.1 Å². The summed E-state index contributed by atoms with van der Waals surface area (Å²) in [5, 5.41) is 2.74. The fourth-order valence-corrected chi connectivity index (χ4v) is 2.38. The third-order valence-electron chi connectivity index (χ3n) is 1.94. The molecule has 0 heterocycles. The maximum absolute atomic E-state index is 11.5. The lowest BCUT2D eigenvalue weighted by molar-refractivity contribution is -0.122. The monoisotopic (exact) mass is 268 g/mol. The van der Waals surface area contributed by atoms with Crippen molar-refractivity contribution in [2.24, 2.45) is 5.73 Å². The highest BCUT2D eigenvalue weighted by molar-refractivity contribution is 7.98. The van der Waals surface area contributed by atoms with Crippen molar-refractivity contribution in [3.8, 4) is 0 Å². The van der Waals surface area contributed by atoms with Gasteiger partial charge in [-0.25, -0.2) is 8.42 Å². The Bertz CT molecular complexity index is 317. The van der Waals surface area contributed by atoms with Gasteiger partial charge in [0.15, 0.2) is 0 Å². The normalized spacial score (nSPS) is 15.5. The van der Waals surface area contributed by atoms with Crippen molar-refractivity contribution in [1.29, 1.82) is 0 Å². The number of hydrogen-bond acceptors (Lipinski definition) is 5. The number of hydrogen-bond donors (Lipinski definition) is 2. The van der Waals surface area contributed by atoms with Gasteiger partial charge in [-0.1, -0.05) is 0 Å². The maximum Gasteiger partial charge on any atom is 0.237 e. The van der Waals surface area contributed by atoms with E-state index in [2.05, 4.69) is 5.32 Å². The predicted octanol–water partition coefficient (Wildman–Crippen LogP) is -0.384. The molecule has 0 spiro atoms. The molecule has 0 aliphatic carbocycles. The highest BCUT2D eigenvalue weighted by Gasteiger charge is 2.17. The first kappa shape index (κ1) is 15.7. The van der Waals surface area contributed by atoms with E-state index >= 15 is 0 Å². The first-order valence-electron chi connectivity index (χ1n) is 4.99. The van der Waals surface area contributed by atoms with Gasteiger partial charge >= 0.3 is 0 Å². The van der Waals surface area contributed by atoms with Gasteiger partial charge in [0.2, 0.25) is 5.91 Å². The fraction of sp³-hybridized carbons (Fsp3) is 0.889. The molecule has 0 aromatic rings. The lowest BCUT2D eigenvalue weighted by Crippen LogP contribution is -2.45. The van der Waals surface area contributed by atoms with Crippen molar-refractivity contribution in [3.05, 3.63) is 0 Å². The first-order valence-corrected chi connectivity index (χ1v) is 8.44. The minimum Gasteiger partial charge on any atom is -0.351 e. The Morgan fingerprint density at radius 1 is 1.50 bits per heavy atom. The Balaban J connectivity index is 4.00. The van der Waals surface area contributed by atoms with E-state index in [0.717, 1.165) is 12.0 Å². The molecule has 5 nitrogen and oxygen atoms in total. The molecule has 0 rings (SSSR count). The minimum atomic E-state index is -3.06. The summed E-state index contributed by atoms with van der Waals surface area (Å²) in [5.41, 5.74) is 5.59. The van der Waals surface area contributed by atoms with Gasteiger partial charge in [0.25, 0.3) is 0 Å². The van der Waals surface area contributed by atoms with E-state index < -0.39 is 15.9 Å². The number of amides is 1. The average Bonchev–Trinajstić information content (AvgIpc) is 2.13. The maximum atomic E-state index is 11.5. The Hall–Kier alpha value is -0.270. The SMILES string of the molecule is CSCC(C)NC(=O)C(N)CCS(C)(=O)=O. The summed E-state index contributed by atoms with van der Waals surface area (Å²) >= 11 is 1.63. The molecular weight excluding hydrogens is 248 g/mol. The van der Waals surface area contributed by atoms with Crippen LogP contribution in [0.15, 0.2) is 0 Å². The second kappa shape index (κ2) is 7.13. The first-order chi connectivity index (χ1) is 7.26. The molecule has 3 N–H and O–H groups in total. The molecule has 0 aliphatic heterocycles. The summed E-state index contributed by atoms with van der Waals surface area (Å²) in [7, 11) is -3.06. The van der Waals surface area contributed by atoms with Gasteiger partial charge in [-0.3, -0.25) is 4.79 Å². The molecule has 0 aliphatic rings. The zero-order valence-electron chi connectivity index (χ0n) is 9.89. The van der Waals surface area contributed by atoms with E-state index in [4.69, 9.17) is 5.73 Å². The van der Waals surface area contributed by atoms with Gasteiger partial charge in [0.1, 0.15) is 9.84 Å². The van der Waals surface area contributed by atoms with Crippen molar-refractivity contribution in [3.63, 3.8) is 0 Å². The van der Waals surface area contributed by atoms with Crippen LogP contribution in [0.4, 0.5) is 0 Å².